The third kappa shape index (κ3) is 2.34. The molecule has 3 heteroatoms. The summed E-state index contributed by atoms with van der Waals surface area (Å²) in [6.07, 6.45) is 2.41. The Bertz CT molecular complexity index is 583. The van der Waals surface area contributed by atoms with Crippen molar-refractivity contribution < 1.29 is 8.78 Å². The summed E-state index contributed by atoms with van der Waals surface area (Å²) >= 11 is 0. The Labute approximate surface area is 117 Å². The zero-order chi connectivity index (χ0) is 14.1. The van der Waals surface area contributed by atoms with Crippen LogP contribution in [0.3, 0.4) is 0 Å². The van der Waals surface area contributed by atoms with Gasteiger partial charge in [-0.2, -0.15) is 0 Å². The minimum Gasteiger partial charge on any atom is -0.330 e. The lowest BCUT2D eigenvalue weighted by Crippen LogP contribution is -2.11. The predicted octanol–water partition coefficient (Wildman–Crippen LogP) is 3.54. The first-order chi connectivity index (χ1) is 9.69. The van der Waals surface area contributed by atoms with Gasteiger partial charge in [0.1, 0.15) is 11.6 Å². The maximum Gasteiger partial charge on any atom is 0.123 e. The van der Waals surface area contributed by atoms with Crippen LogP contribution in [-0.4, -0.2) is 6.54 Å². The van der Waals surface area contributed by atoms with E-state index >= 15 is 0 Å². The molecule has 0 amide bonds. The predicted molar refractivity (Wildman–Crippen MR) is 75.7 cm³/mol. The first-order valence-corrected chi connectivity index (χ1v) is 6.95. The lowest BCUT2D eigenvalue weighted by molar-refractivity contribution is 0.613. The molecule has 2 aromatic rings. The Morgan fingerprint density at radius 3 is 1.85 bits per heavy atom. The van der Waals surface area contributed by atoms with E-state index < -0.39 is 0 Å². The van der Waals surface area contributed by atoms with Crippen LogP contribution in [0.25, 0.3) is 0 Å². The molecule has 0 fully saturated rings. The van der Waals surface area contributed by atoms with Crippen molar-refractivity contribution in [1.82, 2.24) is 0 Å². The van der Waals surface area contributed by atoms with Gasteiger partial charge in [0.05, 0.1) is 0 Å². The second-order valence-electron chi connectivity index (χ2n) is 5.32. The molecule has 0 bridgehead atoms. The van der Waals surface area contributed by atoms with Crippen molar-refractivity contribution in [2.45, 2.75) is 25.2 Å². The van der Waals surface area contributed by atoms with Gasteiger partial charge in [0.15, 0.2) is 0 Å². The summed E-state index contributed by atoms with van der Waals surface area (Å²) in [5, 5.41) is 0. The van der Waals surface area contributed by atoms with E-state index in [-0.39, 0.29) is 17.6 Å². The number of hydrogen-bond acceptors (Lipinski definition) is 1. The Balaban J connectivity index is 2.18. The van der Waals surface area contributed by atoms with Crippen molar-refractivity contribution in [2.24, 2.45) is 5.73 Å². The van der Waals surface area contributed by atoms with Gasteiger partial charge in [-0.05, 0) is 72.3 Å². The van der Waals surface area contributed by atoms with Gasteiger partial charge in [0.2, 0.25) is 0 Å². The summed E-state index contributed by atoms with van der Waals surface area (Å²) in [6.45, 7) is 0.497. The van der Waals surface area contributed by atoms with Gasteiger partial charge in [0.25, 0.3) is 0 Å². The van der Waals surface area contributed by atoms with Gasteiger partial charge in [-0.25, -0.2) is 8.78 Å². The van der Waals surface area contributed by atoms with Gasteiger partial charge < -0.3 is 5.73 Å². The Morgan fingerprint density at radius 2 is 1.40 bits per heavy atom. The van der Waals surface area contributed by atoms with Crippen molar-refractivity contribution in [3.05, 3.63) is 70.3 Å². The first-order valence-electron chi connectivity index (χ1n) is 6.95. The van der Waals surface area contributed by atoms with E-state index in [1.165, 1.54) is 12.1 Å². The molecular formula is C17H17F2N. The molecule has 0 aromatic heterocycles. The van der Waals surface area contributed by atoms with E-state index in [0.717, 1.165) is 35.1 Å². The van der Waals surface area contributed by atoms with Crippen LogP contribution in [0.15, 0.2) is 36.4 Å². The highest BCUT2D eigenvalue weighted by Crippen LogP contribution is 2.36. The van der Waals surface area contributed by atoms with Crippen LogP contribution >= 0.6 is 0 Å². The van der Waals surface area contributed by atoms with E-state index in [2.05, 4.69) is 0 Å². The summed E-state index contributed by atoms with van der Waals surface area (Å²) in [5.74, 6) is -0.504. The number of benzene rings is 2. The third-order valence-corrected chi connectivity index (χ3v) is 4.09. The third-order valence-electron chi connectivity index (χ3n) is 4.09. The standard InChI is InChI=1S/C17H17F2N/c18-13-5-3-11-1-2-12-4-6-14(19)10-17(12)15(7-8-20)16(11)9-13/h3-6,9-10,15H,1-2,7-8,20H2. The van der Waals surface area contributed by atoms with E-state index in [1.807, 2.05) is 12.1 Å². The summed E-state index contributed by atoms with van der Waals surface area (Å²) in [4.78, 5) is 0. The average molecular weight is 273 g/mol. The summed E-state index contributed by atoms with van der Waals surface area (Å²) < 4.78 is 27.2. The molecule has 104 valence electrons. The molecule has 0 spiro atoms. The van der Waals surface area contributed by atoms with Crippen molar-refractivity contribution in [1.29, 1.82) is 0 Å². The molecule has 1 aliphatic carbocycles. The highest BCUT2D eigenvalue weighted by atomic mass is 19.1. The van der Waals surface area contributed by atoms with E-state index in [4.69, 9.17) is 5.73 Å². The van der Waals surface area contributed by atoms with E-state index in [0.29, 0.717) is 13.0 Å². The van der Waals surface area contributed by atoms with E-state index in [1.54, 1.807) is 12.1 Å². The quantitative estimate of drug-likeness (QED) is 0.889. The Hall–Kier alpha value is -1.74. The molecule has 0 aliphatic heterocycles. The van der Waals surface area contributed by atoms with Gasteiger partial charge in [-0.3, -0.25) is 0 Å². The molecule has 2 N–H and O–H groups in total. The zero-order valence-electron chi connectivity index (χ0n) is 11.2. The minimum absolute atomic E-state index is 0.0149. The van der Waals surface area contributed by atoms with Crippen LogP contribution in [-0.2, 0) is 12.8 Å². The Morgan fingerprint density at radius 1 is 0.900 bits per heavy atom. The van der Waals surface area contributed by atoms with Gasteiger partial charge >= 0.3 is 0 Å². The SMILES string of the molecule is NCCC1c2cc(F)ccc2CCc2ccc(F)cc21. The Kier molecular flexibility index (Phi) is 3.53. The fourth-order valence-corrected chi connectivity index (χ4v) is 3.15. The van der Waals surface area contributed by atoms with Crippen molar-refractivity contribution in [3.63, 3.8) is 0 Å². The van der Waals surface area contributed by atoms with E-state index in [9.17, 15) is 8.78 Å². The molecule has 0 saturated carbocycles. The molecule has 0 heterocycles. The maximum atomic E-state index is 13.6. The summed E-state index contributed by atoms with van der Waals surface area (Å²) in [5.41, 5.74) is 9.91. The molecule has 20 heavy (non-hydrogen) atoms. The average Bonchev–Trinajstić information content (AvgIpc) is 2.57. The molecular weight excluding hydrogens is 256 g/mol. The first kappa shape index (κ1) is 13.3. The fraction of sp³-hybridized carbons (Fsp3) is 0.294. The van der Waals surface area contributed by atoms with Crippen LogP contribution < -0.4 is 5.73 Å². The van der Waals surface area contributed by atoms with Crippen LogP contribution in [0.2, 0.25) is 0 Å². The number of halogens is 2. The molecule has 2 aromatic carbocycles. The number of hydrogen-bond donors (Lipinski definition) is 1. The molecule has 1 aliphatic rings. The van der Waals surface area contributed by atoms with Crippen LogP contribution in [0, 0.1) is 11.6 Å². The van der Waals surface area contributed by atoms with Crippen LogP contribution in [0.4, 0.5) is 8.78 Å². The number of rotatable bonds is 2. The highest BCUT2D eigenvalue weighted by Gasteiger charge is 2.24. The van der Waals surface area contributed by atoms with Crippen LogP contribution in [0.1, 0.15) is 34.6 Å². The maximum absolute atomic E-state index is 13.6. The second kappa shape index (κ2) is 5.33. The summed E-state index contributed by atoms with van der Waals surface area (Å²) in [7, 11) is 0. The number of aryl methyl sites for hydroxylation is 2. The minimum atomic E-state index is -0.245. The lowest BCUT2D eigenvalue weighted by Gasteiger charge is -2.20. The van der Waals surface area contributed by atoms with Gasteiger partial charge in [0, 0.05) is 5.92 Å². The molecule has 0 atom stereocenters. The fourth-order valence-electron chi connectivity index (χ4n) is 3.15. The highest BCUT2D eigenvalue weighted by molar-refractivity contribution is 5.45. The normalized spacial score (nSPS) is 14.6. The monoisotopic (exact) mass is 273 g/mol. The number of nitrogens with two attached hydrogens (primary N) is 1. The second-order valence-corrected chi connectivity index (χ2v) is 5.32. The topological polar surface area (TPSA) is 26.0 Å². The van der Waals surface area contributed by atoms with Crippen molar-refractivity contribution in [3.8, 4) is 0 Å². The lowest BCUT2D eigenvalue weighted by atomic mass is 9.85. The molecule has 0 radical (unpaired) electrons. The van der Waals surface area contributed by atoms with Crippen molar-refractivity contribution >= 4 is 0 Å². The molecule has 0 saturated heterocycles. The summed E-state index contributed by atoms with van der Waals surface area (Å²) in [6, 6.07) is 9.84. The van der Waals surface area contributed by atoms with Crippen molar-refractivity contribution in [2.75, 3.05) is 6.54 Å². The molecule has 1 nitrogen and oxygen atoms in total. The number of fused-ring (bicyclic) bond motifs is 2. The molecule has 3 rings (SSSR count). The van der Waals surface area contributed by atoms with Crippen LogP contribution in [0.5, 0.6) is 0 Å². The van der Waals surface area contributed by atoms with Gasteiger partial charge in [-0.1, -0.05) is 12.1 Å². The largest absolute Gasteiger partial charge is 0.330 e. The molecule has 0 unspecified atom stereocenters. The zero-order valence-corrected chi connectivity index (χ0v) is 11.2. The smallest absolute Gasteiger partial charge is 0.123 e. The van der Waals surface area contributed by atoms with Gasteiger partial charge in [-0.15, -0.1) is 0 Å².